The number of morpholine rings is 1. The van der Waals surface area contributed by atoms with Gasteiger partial charge in [-0.25, -0.2) is 5.01 Å². The molecule has 0 saturated carbocycles. The smallest absolute Gasteiger partial charge is 0.234 e. The van der Waals surface area contributed by atoms with Crippen molar-refractivity contribution in [1.82, 2.24) is 10.4 Å². The molecule has 0 bridgehead atoms. The molecular formula is C10H21N3O2. The van der Waals surface area contributed by atoms with Crippen molar-refractivity contribution >= 4 is 5.91 Å². The minimum Gasteiger partial charge on any atom is -0.379 e. The third-order valence-corrected chi connectivity index (χ3v) is 2.56. The highest BCUT2D eigenvalue weighted by Crippen LogP contribution is 2.03. The summed E-state index contributed by atoms with van der Waals surface area (Å²) in [6, 6.07) is 0. The lowest BCUT2D eigenvalue weighted by Crippen LogP contribution is -2.48. The second-order valence-electron chi connectivity index (χ2n) is 4.01. The number of hydrogen-bond acceptors (Lipinski definition) is 4. The number of nitrogens with two attached hydrogens (primary N) is 1. The van der Waals surface area contributed by atoms with Gasteiger partial charge in [0.2, 0.25) is 5.91 Å². The van der Waals surface area contributed by atoms with Crippen LogP contribution in [0.1, 0.15) is 19.8 Å². The number of nitrogens with zero attached hydrogens (tertiary/aromatic N) is 1. The van der Waals surface area contributed by atoms with E-state index in [0.29, 0.717) is 32.1 Å². The maximum Gasteiger partial charge on any atom is 0.234 e. The predicted molar refractivity (Wildman–Crippen MR) is 58.0 cm³/mol. The SMILES string of the molecule is CC(CN)CCC(=O)NN1CCOCC1. The van der Waals surface area contributed by atoms with Crippen LogP contribution in [0.5, 0.6) is 0 Å². The molecule has 1 amide bonds. The Balaban J connectivity index is 2.11. The second kappa shape index (κ2) is 6.76. The van der Waals surface area contributed by atoms with Crippen LogP contribution in [-0.2, 0) is 9.53 Å². The number of ether oxygens (including phenoxy) is 1. The van der Waals surface area contributed by atoms with E-state index < -0.39 is 0 Å². The minimum atomic E-state index is 0.0807. The van der Waals surface area contributed by atoms with Crippen molar-refractivity contribution in [1.29, 1.82) is 0 Å². The van der Waals surface area contributed by atoms with Gasteiger partial charge in [0.05, 0.1) is 13.2 Å². The monoisotopic (exact) mass is 215 g/mol. The predicted octanol–water partition coefficient (Wildman–Crippen LogP) is -0.275. The molecule has 0 spiro atoms. The van der Waals surface area contributed by atoms with Crippen LogP contribution in [0.4, 0.5) is 0 Å². The molecule has 1 aliphatic heterocycles. The van der Waals surface area contributed by atoms with Gasteiger partial charge in [0.25, 0.3) is 0 Å². The molecule has 15 heavy (non-hydrogen) atoms. The Hall–Kier alpha value is -0.650. The van der Waals surface area contributed by atoms with E-state index in [-0.39, 0.29) is 5.91 Å². The zero-order chi connectivity index (χ0) is 11.1. The van der Waals surface area contributed by atoms with Gasteiger partial charge < -0.3 is 10.5 Å². The van der Waals surface area contributed by atoms with Crippen LogP contribution < -0.4 is 11.2 Å². The number of hydrogen-bond donors (Lipinski definition) is 2. The first-order valence-corrected chi connectivity index (χ1v) is 5.54. The van der Waals surface area contributed by atoms with Gasteiger partial charge in [-0.05, 0) is 18.9 Å². The Kier molecular flexibility index (Phi) is 5.60. The van der Waals surface area contributed by atoms with Crippen molar-refractivity contribution in [3.63, 3.8) is 0 Å². The molecule has 1 heterocycles. The Morgan fingerprint density at radius 2 is 2.20 bits per heavy atom. The fraction of sp³-hybridized carbons (Fsp3) is 0.900. The molecule has 1 fully saturated rings. The van der Waals surface area contributed by atoms with Crippen molar-refractivity contribution in [3.05, 3.63) is 0 Å². The van der Waals surface area contributed by atoms with E-state index in [1.54, 1.807) is 0 Å². The van der Waals surface area contributed by atoms with Crippen LogP contribution in [0.3, 0.4) is 0 Å². The Morgan fingerprint density at radius 1 is 1.53 bits per heavy atom. The van der Waals surface area contributed by atoms with Crippen LogP contribution in [-0.4, -0.2) is 43.8 Å². The van der Waals surface area contributed by atoms with Gasteiger partial charge in [-0.1, -0.05) is 6.92 Å². The van der Waals surface area contributed by atoms with Crippen molar-refractivity contribution in [2.45, 2.75) is 19.8 Å². The van der Waals surface area contributed by atoms with Crippen LogP contribution in [0.15, 0.2) is 0 Å². The average Bonchev–Trinajstić information content (AvgIpc) is 2.27. The lowest BCUT2D eigenvalue weighted by atomic mass is 10.1. The molecule has 0 aromatic rings. The van der Waals surface area contributed by atoms with E-state index in [1.165, 1.54) is 0 Å². The summed E-state index contributed by atoms with van der Waals surface area (Å²) in [7, 11) is 0. The fourth-order valence-electron chi connectivity index (χ4n) is 1.40. The topological polar surface area (TPSA) is 67.6 Å². The Morgan fingerprint density at radius 3 is 2.80 bits per heavy atom. The number of amides is 1. The number of carbonyl (C=O) groups is 1. The van der Waals surface area contributed by atoms with E-state index in [0.717, 1.165) is 19.5 Å². The molecule has 5 heteroatoms. The summed E-state index contributed by atoms with van der Waals surface area (Å²) in [5.74, 6) is 0.498. The summed E-state index contributed by atoms with van der Waals surface area (Å²) in [5, 5.41) is 1.92. The third-order valence-electron chi connectivity index (χ3n) is 2.56. The van der Waals surface area contributed by atoms with E-state index >= 15 is 0 Å². The normalized spacial score (nSPS) is 19.9. The first kappa shape index (κ1) is 12.4. The number of hydrazine groups is 1. The molecular weight excluding hydrogens is 194 g/mol. The molecule has 0 aliphatic carbocycles. The molecule has 88 valence electrons. The summed E-state index contributed by atoms with van der Waals surface area (Å²) in [6.07, 6.45) is 1.41. The zero-order valence-corrected chi connectivity index (χ0v) is 9.37. The molecule has 5 nitrogen and oxygen atoms in total. The first-order valence-electron chi connectivity index (χ1n) is 5.54. The number of carbonyl (C=O) groups excluding carboxylic acids is 1. The summed E-state index contributed by atoms with van der Waals surface area (Å²) in [6.45, 7) is 5.64. The maximum atomic E-state index is 11.5. The van der Waals surface area contributed by atoms with Gasteiger partial charge in [-0.3, -0.25) is 10.2 Å². The first-order chi connectivity index (χ1) is 7.22. The van der Waals surface area contributed by atoms with Crippen molar-refractivity contribution in [3.8, 4) is 0 Å². The van der Waals surface area contributed by atoms with Crippen molar-refractivity contribution in [2.75, 3.05) is 32.8 Å². The lowest BCUT2D eigenvalue weighted by Gasteiger charge is -2.27. The maximum absolute atomic E-state index is 11.5. The molecule has 0 aromatic carbocycles. The third kappa shape index (κ3) is 5.11. The lowest BCUT2D eigenvalue weighted by molar-refractivity contribution is -0.128. The molecule has 3 N–H and O–H groups in total. The Bertz CT molecular complexity index is 193. The molecule has 1 aliphatic rings. The molecule has 1 unspecified atom stereocenters. The fourth-order valence-corrected chi connectivity index (χ4v) is 1.40. The largest absolute Gasteiger partial charge is 0.379 e. The average molecular weight is 215 g/mol. The second-order valence-corrected chi connectivity index (χ2v) is 4.01. The standard InChI is InChI=1S/C10H21N3O2/c1-9(8-11)2-3-10(14)12-13-4-6-15-7-5-13/h9H,2-8,11H2,1H3,(H,12,14). The summed E-state index contributed by atoms with van der Waals surface area (Å²) in [5.41, 5.74) is 8.36. The van der Waals surface area contributed by atoms with Crippen LogP contribution in [0.2, 0.25) is 0 Å². The van der Waals surface area contributed by atoms with Crippen molar-refractivity contribution < 1.29 is 9.53 Å². The van der Waals surface area contributed by atoms with Crippen molar-refractivity contribution in [2.24, 2.45) is 11.7 Å². The zero-order valence-electron chi connectivity index (χ0n) is 9.37. The number of rotatable bonds is 5. The van der Waals surface area contributed by atoms with Crippen LogP contribution in [0, 0.1) is 5.92 Å². The minimum absolute atomic E-state index is 0.0807. The van der Waals surface area contributed by atoms with E-state index in [9.17, 15) is 4.79 Å². The van der Waals surface area contributed by atoms with E-state index in [2.05, 4.69) is 12.3 Å². The number of nitrogens with one attached hydrogen (secondary N) is 1. The highest BCUT2D eigenvalue weighted by atomic mass is 16.5. The van der Waals surface area contributed by atoms with E-state index in [4.69, 9.17) is 10.5 Å². The summed E-state index contributed by atoms with van der Waals surface area (Å²) in [4.78, 5) is 11.5. The van der Waals surface area contributed by atoms with Gasteiger partial charge in [0, 0.05) is 19.5 Å². The quantitative estimate of drug-likeness (QED) is 0.662. The highest BCUT2D eigenvalue weighted by Gasteiger charge is 2.13. The van der Waals surface area contributed by atoms with Crippen LogP contribution >= 0.6 is 0 Å². The van der Waals surface area contributed by atoms with Gasteiger partial charge in [-0.2, -0.15) is 0 Å². The summed E-state index contributed by atoms with van der Waals surface area (Å²) >= 11 is 0. The van der Waals surface area contributed by atoms with Gasteiger partial charge in [0.1, 0.15) is 0 Å². The van der Waals surface area contributed by atoms with Gasteiger partial charge >= 0.3 is 0 Å². The molecule has 1 atom stereocenters. The Labute approximate surface area is 90.9 Å². The van der Waals surface area contributed by atoms with Crippen LogP contribution in [0.25, 0.3) is 0 Å². The van der Waals surface area contributed by atoms with Gasteiger partial charge in [-0.15, -0.1) is 0 Å². The molecule has 0 radical (unpaired) electrons. The summed E-state index contributed by atoms with van der Waals surface area (Å²) < 4.78 is 5.19. The molecule has 1 rings (SSSR count). The van der Waals surface area contributed by atoms with E-state index in [1.807, 2.05) is 5.01 Å². The molecule has 1 saturated heterocycles. The highest BCUT2D eigenvalue weighted by molar-refractivity contribution is 5.75. The van der Waals surface area contributed by atoms with Gasteiger partial charge in [0.15, 0.2) is 0 Å². The molecule has 0 aromatic heterocycles.